The maximum atomic E-state index is 13.0. The Morgan fingerprint density at radius 1 is 0.960 bits per heavy atom. The molecule has 0 unspecified atom stereocenters. The van der Waals surface area contributed by atoms with Crippen molar-refractivity contribution >= 4 is 27.5 Å². The van der Waals surface area contributed by atoms with Crippen molar-refractivity contribution in [2.75, 3.05) is 4.90 Å². The van der Waals surface area contributed by atoms with E-state index in [9.17, 15) is 4.79 Å². The summed E-state index contributed by atoms with van der Waals surface area (Å²) in [5.41, 5.74) is 5.54. The van der Waals surface area contributed by atoms with Crippen molar-refractivity contribution in [1.82, 2.24) is 0 Å². The van der Waals surface area contributed by atoms with Gasteiger partial charge in [0.2, 0.25) is 5.91 Å². The van der Waals surface area contributed by atoms with E-state index < -0.39 is 0 Å². The maximum absolute atomic E-state index is 13.0. The second-order valence-corrected chi connectivity index (χ2v) is 7.35. The lowest BCUT2D eigenvalue weighted by Gasteiger charge is -2.37. The van der Waals surface area contributed by atoms with Crippen molar-refractivity contribution in [2.45, 2.75) is 19.4 Å². The van der Waals surface area contributed by atoms with Crippen LogP contribution in [-0.2, 0) is 11.2 Å². The van der Waals surface area contributed by atoms with Gasteiger partial charge < -0.3 is 4.90 Å². The topological polar surface area (TPSA) is 20.3 Å². The lowest BCUT2D eigenvalue weighted by atomic mass is 9.87. The van der Waals surface area contributed by atoms with Crippen LogP contribution in [0.15, 0.2) is 77.3 Å². The minimum atomic E-state index is -0.113. The summed E-state index contributed by atoms with van der Waals surface area (Å²) in [4.78, 5) is 15.0. The van der Waals surface area contributed by atoms with Crippen LogP contribution in [0.2, 0.25) is 0 Å². The minimum Gasteiger partial charge on any atom is -0.300 e. The second kappa shape index (κ2) is 6.49. The number of rotatable bonds is 2. The third-order valence-electron chi connectivity index (χ3n) is 4.69. The van der Waals surface area contributed by atoms with E-state index in [0.29, 0.717) is 6.42 Å². The first-order valence-corrected chi connectivity index (χ1v) is 9.15. The first kappa shape index (κ1) is 16.1. The summed E-state index contributed by atoms with van der Waals surface area (Å²) < 4.78 is 1.02. The first-order valence-electron chi connectivity index (χ1n) is 8.35. The van der Waals surface area contributed by atoms with Crippen molar-refractivity contribution in [1.29, 1.82) is 0 Å². The SMILES string of the molecule is Cc1ccc(N2C(=O)Cc3ccccc3[C@H]2c2cccc(Br)c2)cc1. The molecular weight excluding hydrogens is 374 g/mol. The van der Waals surface area contributed by atoms with Crippen molar-refractivity contribution < 1.29 is 4.79 Å². The average Bonchev–Trinajstić information content (AvgIpc) is 2.61. The molecule has 0 aromatic heterocycles. The van der Waals surface area contributed by atoms with Gasteiger partial charge in [-0.15, -0.1) is 0 Å². The van der Waals surface area contributed by atoms with Crippen LogP contribution in [0.25, 0.3) is 0 Å². The molecule has 0 N–H and O–H groups in total. The van der Waals surface area contributed by atoms with Gasteiger partial charge in [-0.3, -0.25) is 4.79 Å². The van der Waals surface area contributed by atoms with Crippen LogP contribution in [0, 0.1) is 6.92 Å². The number of halogens is 1. The molecule has 0 saturated carbocycles. The van der Waals surface area contributed by atoms with Gasteiger partial charge in [0.15, 0.2) is 0 Å². The van der Waals surface area contributed by atoms with Crippen LogP contribution in [0.1, 0.15) is 28.3 Å². The Kier molecular flexibility index (Phi) is 4.18. The average molecular weight is 392 g/mol. The molecule has 1 heterocycles. The molecule has 1 aliphatic heterocycles. The van der Waals surface area contributed by atoms with Gasteiger partial charge in [0.05, 0.1) is 12.5 Å². The molecule has 0 radical (unpaired) electrons. The van der Waals surface area contributed by atoms with Crippen molar-refractivity contribution in [3.05, 3.63) is 99.5 Å². The smallest absolute Gasteiger partial charge is 0.232 e. The van der Waals surface area contributed by atoms with Gasteiger partial charge in [0, 0.05) is 10.2 Å². The highest BCUT2D eigenvalue weighted by atomic mass is 79.9. The van der Waals surface area contributed by atoms with Crippen LogP contribution < -0.4 is 4.90 Å². The third-order valence-corrected chi connectivity index (χ3v) is 5.19. The summed E-state index contributed by atoms with van der Waals surface area (Å²) in [7, 11) is 0. The normalized spacial score (nSPS) is 16.6. The number of nitrogens with zero attached hydrogens (tertiary/aromatic N) is 1. The lowest BCUT2D eigenvalue weighted by Crippen LogP contribution is -2.41. The summed E-state index contributed by atoms with van der Waals surface area (Å²) in [5, 5.41) is 0. The van der Waals surface area contributed by atoms with E-state index >= 15 is 0 Å². The highest BCUT2D eigenvalue weighted by Gasteiger charge is 2.34. The zero-order chi connectivity index (χ0) is 17.4. The molecule has 124 valence electrons. The molecule has 3 aromatic rings. The Labute approximate surface area is 156 Å². The minimum absolute atomic E-state index is 0.113. The molecule has 0 spiro atoms. The summed E-state index contributed by atoms with van der Waals surface area (Å²) >= 11 is 3.57. The van der Waals surface area contributed by atoms with E-state index in [1.54, 1.807) is 0 Å². The summed E-state index contributed by atoms with van der Waals surface area (Å²) in [6, 6.07) is 24.5. The van der Waals surface area contributed by atoms with E-state index in [1.165, 1.54) is 11.1 Å². The number of anilines is 1. The largest absolute Gasteiger partial charge is 0.300 e. The first-order chi connectivity index (χ1) is 12.1. The molecule has 3 heteroatoms. The zero-order valence-corrected chi connectivity index (χ0v) is 15.5. The van der Waals surface area contributed by atoms with E-state index in [1.807, 2.05) is 41.3 Å². The Balaban J connectivity index is 1.91. The number of benzene rings is 3. The monoisotopic (exact) mass is 391 g/mol. The van der Waals surface area contributed by atoms with Crippen LogP contribution in [-0.4, -0.2) is 5.91 Å². The number of hydrogen-bond donors (Lipinski definition) is 0. The number of fused-ring (bicyclic) bond motifs is 1. The summed E-state index contributed by atoms with van der Waals surface area (Å²) in [6.07, 6.45) is 0.439. The van der Waals surface area contributed by atoms with Crippen LogP contribution >= 0.6 is 15.9 Å². The Bertz CT molecular complexity index is 933. The molecule has 0 aliphatic carbocycles. The third kappa shape index (κ3) is 3.00. The highest BCUT2D eigenvalue weighted by Crippen LogP contribution is 2.39. The molecule has 3 aromatic carbocycles. The second-order valence-electron chi connectivity index (χ2n) is 6.43. The van der Waals surface area contributed by atoms with E-state index in [-0.39, 0.29) is 11.9 Å². The van der Waals surface area contributed by atoms with Gasteiger partial charge in [-0.25, -0.2) is 0 Å². The van der Waals surface area contributed by atoms with Crippen LogP contribution in [0.5, 0.6) is 0 Å². The van der Waals surface area contributed by atoms with Gasteiger partial charge in [0.25, 0.3) is 0 Å². The van der Waals surface area contributed by atoms with Gasteiger partial charge >= 0.3 is 0 Å². The van der Waals surface area contributed by atoms with Gasteiger partial charge in [-0.1, -0.05) is 70.0 Å². The van der Waals surface area contributed by atoms with Gasteiger partial charge in [-0.2, -0.15) is 0 Å². The fraction of sp³-hybridized carbons (Fsp3) is 0.136. The quantitative estimate of drug-likeness (QED) is 0.569. The molecule has 1 aliphatic rings. The molecule has 1 amide bonds. The lowest BCUT2D eigenvalue weighted by molar-refractivity contribution is -0.118. The van der Waals surface area contributed by atoms with Gasteiger partial charge in [0.1, 0.15) is 0 Å². The van der Waals surface area contributed by atoms with Crippen molar-refractivity contribution in [3.63, 3.8) is 0 Å². The molecule has 0 saturated heterocycles. The standard InChI is InChI=1S/C22H18BrNO/c1-15-9-11-19(12-10-15)24-21(25)14-16-5-2-3-8-20(16)22(24)17-6-4-7-18(23)13-17/h2-13,22H,14H2,1H3/t22-/m1/s1. The molecule has 1 atom stereocenters. The van der Waals surface area contributed by atoms with Crippen molar-refractivity contribution in [3.8, 4) is 0 Å². The van der Waals surface area contributed by atoms with E-state index in [0.717, 1.165) is 21.3 Å². The number of amides is 1. The fourth-order valence-electron chi connectivity index (χ4n) is 3.50. The summed E-state index contributed by atoms with van der Waals surface area (Å²) in [6.45, 7) is 2.06. The van der Waals surface area contributed by atoms with Gasteiger partial charge in [-0.05, 0) is 47.9 Å². The number of aryl methyl sites for hydroxylation is 1. The summed E-state index contributed by atoms with van der Waals surface area (Å²) in [5.74, 6) is 0.132. The molecular formula is C22H18BrNO. The van der Waals surface area contributed by atoms with Crippen molar-refractivity contribution in [2.24, 2.45) is 0 Å². The highest BCUT2D eigenvalue weighted by molar-refractivity contribution is 9.10. The number of hydrogen-bond acceptors (Lipinski definition) is 1. The predicted octanol–water partition coefficient (Wildman–Crippen LogP) is 5.44. The zero-order valence-electron chi connectivity index (χ0n) is 13.9. The van der Waals surface area contributed by atoms with E-state index in [4.69, 9.17) is 0 Å². The Morgan fingerprint density at radius 3 is 2.48 bits per heavy atom. The molecule has 0 bridgehead atoms. The van der Waals surface area contributed by atoms with E-state index in [2.05, 4.69) is 59.3 Å². The van der Waals surface area contributed by atoms with Crippen LogP contribution in [0.4, 0.5) is 5.69 Å². The predicted molar refractivity (Wildman–Crippen MR) is 105 cm³/mol. The molecule has 4 rings (SSSR count). The molecule has 2 nitrogen and oxygen atoms in total. The Hall–Kier alpha value is -2.39. The number of carbonyl (C=O) groups is 1. The molecule has 0 fully saturated rings. The molecule has 25 heavy (non-hydrogen) atoms. The van der Waals surface area contributed by atoms with Crippen LogP contribution in [0.3, 0.4) is 0 Å². The fourth-order valence-corrected chi connectivity index (χ4v) is 3.91. The maximum Gasteiger partial charge on any atom is 0.232 e. The Morgan fingerprint density at radius 2 is 1.72 bits per heavy atom. The number of carbonyl (C=O) groups excluding carboxylic acids is 1.